The fourth-order valence-electron chi connectivity index (χ4n) is 4.57. The second-order valence-electron chi connectivity index (χ2n) is 7.40. The maximum Gasteiger partial charge on any atom is 0.411 e. The SMILES string of the molecule is COc1cc([C@@H]2c3cc4c(cc3C[C@H]3COC(=O)N32)OCCO4)cc2c1OCO2. The predicted octanol–water partition coefficient (Wildman–Crippen LogP) is 2.66. The van der Waals surface area contributed by atoms with Gasteiger partial charge in [-0.25, -0.2) is 4.79 Å². The maximum absolute atomic E-state index is 12.6. The van der Waals surface area contributed by atoms with Crippen LogP contribution in [-0.2, 0) is 11.2 Å². The number of amides is 1. The number of cyclic esters (lactones) is 1. The number of hydrogen-bond donors (Lipinski definition) is 0. The Morgan fingerprint density at radius 1 is 0.966 bits per heavy atom. The molecule has 0 bridgehead atoms. The van der Waals surface area contributed by atoms with E-state index in [9.17, 15) is 4.79 Å². The smallest absolute Gasteiger partial charge is 0.411 e. The highest BCUT2D eigenvalue weighted by atomic mass is 16.7. The fraction of sp³-hybridized carbons (Fsp3) is 0.381. The van der Waals surface area contributed by atoms with Crippen molar-refractivity contribution in [2.24, 2.45) is 0 Å². The van der Waals surface area contributed by atoms with E-state index in [4.69, 9.17) is 28.4 Å². The van der Waals surface area contributed by atoms with Gasteiger partial charge in [-0.3, -0.25) is 4.90 Å². The van der Waals surface area contributed by atoms with Crippen molar-refractivity contribution in [3.8, 4) is 28.7 Å². The summed E-state index contributed by atoms with van der Waals surface area (Å²) in [5.74, 6) is 3.20. The van der Waals surface area contributed by atoms with Crippen molar-refractivity contribution in [2.75, 3.05) is 33.7 Å². The largest absolute Gasteiger partial charge is 0.493 e. The van der Waals surface area contributed by atoms with Crippen molar-refractivity contribution in [1.29, 1.82) is 0 Å². The number of ether oxygens (including phenoxy) is 6. The molecule has 0 aliphatic carbocycles. The molecule has 0 radical (unpaired) electrons. The average Bonchev–Trinajstić information content (AvgIpc) is 3.36. The highest BCUT2D eigenvalue weighted by Gasteiger charge is 2.45. The second-order valence-corrected chi connectivity index (χ2v) is 7.40. The first-order chi connectivity index (χ1) is 14.2. The fourth-order valence-corrected chi connectivity index (χ4v) is 4.57. The van der Waals surface area contributed by atoms with Gasteiger partial charge in [-0.2, -0.15) is 0 Å². The zero-order valence-electron chi connectivity index (χ0n) is 15.8. The van der Waals surface area contributed by atoms with Gasteiger partial charge in [-0.1, -0.05) is 0 Å². The van der Waals surface area contributed by atoms with E-state index in [1.54, 1.807) is 12.0 Å². The van der Waals surface area contributed by atoms with Gasteiger partial charge in [0, 0.05) is 0 Å². The zero-order valence-corrected chi connectivity index (χ0v) is 15.8. The minimum Gasteiger partial charge on any atom is -0.493 e. The van der Waals surface area contributed by atoms with E-state index in [1.807, 2.05) is 24.3 Å². The van der Waals surface area contributed by atoms with Crippen LogP contribution in [0, 0.1) is 0 Å². The Balaban J connectivity index is 1.55. The average molecular weight is 397 g/mol. The summed E-state index contributed by atoms with van der Waals surface area (Å²) in [5.41, 5.74) is 2.98. The van der Waals surface area contributed by atoms with E-state index in [2.05, 4.69) is 0 Å². The van der Waals surface area contributed by atoms with Gasteiger partial charge in [0.25, 0.3) is 0 Å². The van der Waals surface area contributed by atoms with Crippen molar-refractivity contribution in [3.63, 3.8) is 0 Å². The lowest BCUT2D eigenvalue weighted by Crippen LogP contribution is -2.43. The Morgan fingerprint density at radius 2 is 1.79 bits per heavy atom. The van der Waals surface area contributed by atoms with Gasteiger partial charge < -0.3 is 28.4 Å². The molecule has 0 unspecified atom stereocenters. The Labute approximate surface area is 166 Å². The Bertz CT molecular complexity index is 1020. The first-order valence-electron chi connectivity index (χ1n) is 9.58. The second kappa shape index (κ2) is 6.10. The molecular formula is C21H19NO7. The van der Waals surface area contributed by atoms with Crippen LogP contribution in [0.15, 0.2) is 24.3 Å². The minimum atomic E-state index is -0.349. The lowest BCUT2D eigenvalue weighted by molar-refractivity contribution is 0.146. The molecule has 6 rings (SSSR count). The molecule has 0 aromatic heterocycles. The van der Waals surface area contributed by atoms with E-state index in [0.717, 1.165) is 22.4 Å². The zero-order chi connectivity index (χ0) is 19.5. The van der Waals surface area contributed by atoms with Crippen LogP contribution in [0.1, 0.15) is 22.7 Å². The van der Waals surface area contributed by atoms with E-state index in [1.165, 1.54) is 0 Å². The molecule has 150 valence electrons. The molecule has 8 heteroatoms. The first-order valence-corrected chi connectivity index (χ1v) is 9.58. The number of benzene rings is 2. The molecule has 4 heterocycles. The number of methoxy groups -OCH3 is 1. The van der Waals surface area contributed by atoms with E-state index in [-0.39, 0.29) is 25.0 Å². The molecule has 1 amide bonds. The van der Waals surface area contributed by atoms with Crippen molar-refractivity contribution in [3.05, 3.63) is 41.0 Å². The third-order valence-corrected chi connectivity index (χ3v) is 5.83. The van der Waals surface area contributed by atoms with E-state index < -0.39 is 0 Å². The summed E-state index contributed by atoms with van der Waals surface area (Å²) in [6.07, 6.45) is 0.382. The Hall–Kier alpha value is -3.29. The summed E-state index contributed by atoms with van der Waals surface area (Å²) in [5, 5.41) is 0. The predicted molar refractivity (Wildman–Crippen MR) is 99.1 cm³/mol. The molecule has 0 spiro atoms. The van der Waals surface area contributed by atoms with Crippen LogP contribution in [0.2, 0.25) is 0 Å². The summed E-state index contributed by atoms with van der Waals surface area (Å²) >= 11 is 0. The molecular weight excluding hydrogens is 378 g/mol. The molecule has 4 aliphatic heterocycles. The van der Waals surface area contributed by atoms with Crippen LogP contribution < -0.4 is 23.7 Å². The van der Waals surface area contributed by atoms with Crippen molar-refractivity contribution >= 4 is 6.09 Å². The quantitative estimate of drug-likeness (QED) is 0.771. The van der Waals surface area contributed by atoms with Gasteiger partial charge in [0.05, 0.1) is 19.2 Å². The molecule has 0 N–H and O–H groups in total. The number of hydrogen-bond acceptors (Lipinski definition) is 7. The topological polar surface area (TPSA) is 75.7 Å². The van der Waals surface area contributed by atoms with Crippen LogP contribution in [0.5, 0.6) is 28.7 Å². The summed E-state index contributed by atoms with van der Waals surface area (Å²) in [4.78, 5) is 14.4. The molecule has 29 heavy (non-hydrogen) atoms. The lowest BCUT2D eigenvalue weighted by Gasteiger charge is -2.38. The minimum absolute atomic E-state index is 0.0426. The van der Waals surface area contributed by atoms with Crippen LogP contribution in [0.25, 0.3) is 0 Å². The summed E-state index contributed by atoms with van der Waals surface area (Å²) < 4.78 is 33.6. The Kier molecular flexibility index (Phi) is 3.50. The highest BCUT2D eigenvalue weighted by Crippen LogP contribution is 2.49. The van der Waals surface area contributed by atoms with Crippen molar-refractivity contribution in [2.45, 2.75) is 18.5 Å². The summed E-state index contributed by atoms with van der Waals surface area (Å²) in [6, 6.07) is 7.42. The molecule has 2 aromatic rings. The summed E-state index contributed by atoms with van der Waals surface area (Å²) in [7, 11) is 1.59. The number of fused-ring (bicyclic) bond motifs is 4. The van der Waals surface area contributed by atoms with Gasteiger partial charge in [-0.05, 0) is 47.4 Å². The van der Waals surface area contributed by atoms with Gasteiger partial charge >= 0.3 is 6.09 Å². The molecule has 2 atom stereocenters. The monoisotopic (exact) mass is 397 g/mol. The maximum atomic E-state index is 12.6. The highest BCUT2D eigenvalue weighted by molar-refractivity contribution is 5.73. The number of nitrogens with zero attached hydrogens (tertiary/aromatic N) is 1. The molecule has 2 aromatic carbocycles. The van der Waals surface area contributed by atoms with Crippen LogP contribution in [0.3, 0.4) is 0 Å². The lowest BCUT2D eigenvalue weighted by atomic mass is 9.85. The third kappa shape index (κ3) is 2.41. The standard InChI is InChI=1S/C21H19NO7/c1-24-17-6-12(7-18-20(17)29-10-28-18)19-14-8-16-15(25-2-3-26-16)5-11(14)4-13-9-27-21(23)22(13)19/h5-8,13,19H,2-4,9-10H2,1H3/t13-,19+/m0/s1. The van der Waals surface area contributed by atoms with Crippen LogP contribution in [0.4, 0.5) is 4.79 Å². The third-order valence-electron chi connectivity index (χ3n) is 5.83. The number of rotatable bonds is 2. The molecule has 4 aliphatic rings. The Morgan fingerprint density at radius 3 is 2.62 bits per heavy atom. The number of carbonyl (C=O) groups is 1. The molecule has 0 saturated carbocycles. The van der Waals surface area contributed by atoms with Crippen molar-refractivity contribution in [1.82, 2.24) is 4.90 Å². The van der Waals surface area contributed by atoms with Gasteiger partial charge in [0.2, 0.25) is 12.5 Å². The van der Waals surface area contributed by atoms with Gasteiger partial charge in [0.15, 0.2) is 23.0 Å². The molecule has 1 fully saturated rings. The van der Waals surface area contributed by atoms with Crippen LogP contribution in [-0.4, -0.2) is 50.8 Å². The van der Waals surface area contributed by atoms with Crippen molar-refractivity contribution < 1.29 is 33.2 Å². The van der Waals surface area contributed by atoms with Crippen LogP contribution >= 0.6 is 0 Å². The normalized spacial score (nSPS) is 23.3. The first kappa shape index (κ1) is 16.6. The molecule has 1 saturated heterocycles. The molecule has 8 nitrogen and oxygen atoms in total. The van der Waals surface area contributed by atoms with Gasteiger partial charge in [-0.15, -0.1) is 0 Å². The summed E-state index contributed by atoms with van der Waals surface area (Å²) in [6.45, 7) is 1.54. The van der Waals surface area contributed by atoms with E-state index >= 15 is 0 Å². The number of carbonyl (C=O) groups excluding carboxylic acids is 1. The van der Waals surface area contributed by atoms with Gasteiger partial charge in [0.1, 0.15) is 19.8 Å². The van der Waals surface area contributed by atoms with E-state index in [0.29, 0.717) is 49.2 Å².